The molecule has 18 heavy (non-hydrogen) atoms. The maximum Gasteiger partial charge on any atom is 0.0242 e. The van der Waals surface area contributed by atoms with Crippen LogP contribution in [0.25, 0.3) is 0 Å². The van der Waals surface area contributed by atoms with Gasteiger partial charge in [0.25, 0.3) is 0 Å². The summed E-state index contributed by atoms with van der Waals surface area (Å²) in [7, 11) is 2.26. The first-order valence-electron chi connectivity index (χ1n) is 7.82. The Balaban J connectivity index is 1.49. The van der Waals surface area contributed by atoms with Gasteiger partial charge in [0.2, 0.25) is 0 Å². The molecule has 3 nitrogen and oxygen atoms in total. The molecule has 0 spiro atoms. The van der Waals surface area contributed by atoms with Crippen molar-refractivity contribution in [2.45, 2.75) is 51.2 Å². The second-order valence-electron chi connectivity index (χ2n) is 7.03. The summed E-state index contributed by atoms with van der Waals surface area (Å²) in [6, 6.07) is 2.48. The number of piperidine rings is 1. The van der Waals surface area contributed by atoms with Crippen LogP contribution in [0.4, 0.5) is 0 Å². The van der Waals surface area contributed by atoms with Crippen molar-refractivity contribution in [3.63, 3.8) is 0 Å². The van der Waals surface area contributed by atoms with E-state index >= 15 is 0 Å². The van der Waals surface area contributed by atoms with Crippen molar-refractivity contribution < 1.29 is 0 Å². The number of nitrogens with zero attached hydrogens (tertiary/aromatic N) is 3. The molecule has 0 aromatic heterocycles. The number of likely N-dealkylation sites (tertiary alicyclic amines) is 3. The number of hydrogen-bond acceptors (Lipinski definition) is 3. The lowest BCUT2D eigenvalue weighted by Gasteiger charge is -2.39. The van der Waals surface area contributed by atoms with E-state index in [9.17, 15) is 0 Å². The van der Waals surface area contributed by atoms with Crippen LogP contribution in [0.15, 0.2) is 0 Å². The van der Waals surface area contributed by atoms with Crippen LogP contribution < -0.4 is 0 Å². The predicted octanol–water partition coefficient (Wildman–Crippen LogP) is 1.50. The van der Waals surface area contributed by atoms with Crippen LogP contribution in [0.3, 0.4) is 0 Å². The maximum atomic E-state index is 2.81. The van der Waals surface area contributed by atoms with Gasteiger partial charge in [-0.3, -0.25) is 9.80 Å². The van der Waals surface area contributed by atoms with Gasteiger partial charge in [-0.05, 0) is 59.2 Å². The summed E-state index contributed by atoms with van der Waals surface area (Å²) >= 11 is 0. The first-order valence-corrected chi connectivity index (χ1v) is 7.82. The zero-order valence-corrected chi connectivity index (χ0v) is 12.3. The smallest absolute Gasteiger partial charge is 0.0242 e. The Bertz CT molecular complexity index is 283. The third-order valence-corrected chi connectivity index (χ3v) is 5.39. The predicted molar refractivity (Wildman–Crippen MR) is 75.8 cm³/mol. The second kappa shape index (κ2) is 5.10. The first kappa shape index (κ1) is 12.9. The van der Waals surface area contributed by atoms with Crippen molar-refractivity contribution in [1.29, 1.82) is 0 Å². The first-order chi connectivity index (χ1) is 8.63. The van der Waals surface area contributed by atoms with Gasteiger partial charge >= 0.3 is 0 Å². The van der Waals surface area contributed by atoms with E-state index in [4.69, 9.17) is 0 Å². The minimum Gasteiger partial charge on any atom is -0.306 e. The number of hydrogen-bond donors (Lipinski definition) is 0. The lowest BCUT2D eigenvalue weighted by Crippen LogP contribution is -2.50. The summed E-state index contributed by atoms with van der Waals surface area (Å²) in [5, 5.41) is 0. The van der Waals surface area contributed by atoms with Gasteiger partial charge in [0.1, 0.15) is 0 Å². The zero-order valence-electron chi connectivity index (χ0n) is 12.3. The van der Waals surface area contributed by atoms with Crippen molar-refractivity contribution in [1.82, 2.24) is 14.7 Å². The molecule has 104 valence electrons. The summed E-state index contributed by atoms with van der Waals surface area (Å²) in [5.74, 6) is 0.966. The molecule has 2 bridgehead atoms. The highest BCUT2D eigenvalue weighted by Crippen LogP contribution is 2.33. The average Bonchev–Trinajstić information content (AvgIpc) is 2.91. The van der Waals surface area contributed by atoms with Gasteiger partial charge in [-0.1, -0.05) is 0 Å². The van der Waals surface area contributed by atoms with Gasteiger partial charge < -0.3 is 4.90 Å². The highest BCUT2D eigenvalue weighted by atomic mass is 15.4. The van der Waals surface area contributed by atoms with Crippen molar-refractivity contribution in [3.8, 4) is 0 Å². The molecule has 3 rings (SSSR count). The second-order valence-corrected chi connectivity index (χ2v) is 7.03. The van der Waals surface area contributed by atoms with Gasteiger partial charge in [-0.25, -0.2) is 0 Å². The molecule has 3 heteroatoms. The van der Waals surface area contributed by atoms with E-state index in [1.807, 2.05) is 0 Å². The van der Waals surface area contributed by atoms with Crippen LogP contribution in [0.5, 0.6) is 0 Å². The van der Waals surface area contributed by atoms with Crippen LogP contribution in [0, 0.1) is 5.92 Å². The Morgan fingerprint density at radius 1 is 1.06 bits per heavy atom. The Kier molecular flexibility index (Phi) is 3.65. The SMILES string of the molecule is CC(C)N1C[C@H]2C[C@@H]1CN2CC1CCN(C)CC1. The van der Waals surface area contributed by atoms with E-state index < -0.39 is 0 Å². The van der Waals surface area contributed by atoms with Crippen LogP contribution in [0.1, 0.15) is 33.1 Å². The Hall–Kier alpha value is -0.120. The molecule has 0 aromatic rings. The number of piperazine rings is 1. The molecular weight excluding hydrogens is 222 g/mol. The minimum atomic E-state index is 0.741. The van der Waals surface area contributed by atoms with E-state index in [0.29, 0.717) is 0 Å². The van der Waals surface area contributed by atoms with Crippen molar-refractivity contribution >= 4 is 0 Å². The molecule has 0 aromatic carbocycles. The molecule has 0 unspecified atom stereocenters. The van der Waals surface area contributed by atoms with Gasteiger partial charge in [0.05, 0.1) is 0 Å². The molecular formula is C15H29N3. The molecule has 2 atom stereocenters. The monoisotopic (exact) mass is 251 g/mol. The molecule has 0 aliphatic carbocycles. The molecule has 0 saturated carbocycles. The highest BCUT2D eigenvalue weighted by Gasteiger charge is 2.44. The van der Waals surface area contributed by atoms with Crippen molar-refractivity contribution in [2.75, 3.05) is 39.8 Å². The largest absolute Gasteiger partial charge is 0.306 e. The lowest BCUT2D eigenvalue weighted by molar-refractivity contribution is 0.0810. The van der Waals surface area contributed by atoms with Gasteiger partial charge in [-0.2, -0.15) is 0 Å². The highest BCUT2D eigenvalue weighted by molar-refractivity contribution is 5.01. The van der Waals surface area contributed by atoms with Gasteiger partial charge in [-0.15, -0.1) is 0 Å². The lowest BCUT2D eigenvalue weighted by atomic mass is 9.96. The topological polar surface area (TPSA) is 9.72 Å². The van der Waals surface area contributed by atoms with Crippen LogP contribution in [-0.4, -0.2) is 72.6 Å². The molecule has 3 aliphatic heterocycles. The van der Waals surface area contributed by atoms with E-state index in [2.05, 4.69) is 35.6 Å². The van der Waals surface area contributed by atoms with E-state index in [1.165, 1.54) is 52.0 Å². The maximum absolute atomic E-state index is 2.81. The van der Waals surface area contributed by atoms with Crippen molar-refractivity contribution in [2.24, 2.45) is 5.92 Å². The summed E-state index contributed by atoms with van der Waals surface area (Å²) in [6.45, 7) is 11.4. The van der Waals surface area contributed by atoms with Crippen molar-refractivity contribution in [3.05, 3.63) is 0 Å². The average molecular weight is 251 g/mol. The van der Waals surface area contributed by atoms with E-state index in [1.54, 1.807) is 0 Å². The Labute approximate surface area is 112 Å². The molecule has 0 N–H and O–H groups in total. The van der Waals surface area contributed by atoms with Gasteiger partial charge in [0, 0.05) is 37.8 Å². The molecule has 3 heterocycles. The fourth-order valence-electron chi connectivity index (χ4n) is 4.21. The minimum absolute atomic E-state index is 0.741. The van der Waals surface area contributed by atoms with E-state index in [0.717, 1.165) is 24.0 Å². The quantitative estimate of drug-likeness (QED) is 0.752. The molecule has 0 amide bonds. The third-order valence-electron chi connectivity index (χ3n) is 5.39. The van der Waals surface area contributed by atoms with Crippen LogP contribution in [0.2, 0.25) is 0 Å². The zero-order chi connectivity index (χ0) is 12.7. The Morgan fingerprint density at radius 3 is 2.33 bits per heavy atom. The fourth-order valence-corrected chi connectivity index (χ4v) is 4.21. The number of rotatable bonds is 3. The Morgan fingerprint density at radius 2 is 1.78 bits per heavy atom. The summed E-state index contributed by atoms with van der Waals surface area (Å²) in [4.78, 5) is 8.00. The summed E-state index contributed by atoms with van der Waals surface area (Å²) in [6.07, 6.45) is 4.27. The number of fused-ring (bicyclic) bond motifs is 2. The molecule has 3 saturated heterocycles. The standard InChI is InChI=1S/C15H29N3/c1-12(2)18-11-14-8-15(18)10-17(14)9-13-4-6-16(3)7-5-13/h12-15H,4-11H2,1-3H3/t14-,15-/m1/s1. The fraction of sp³-hybridized carbons (Fsp3) is 1.00. The van der Waals surface area contributed by atoms with E-state index in [-0.39, 0.29) is 0 Å². The third kappa shape index (κ3) is 2.45. The molecule has 0 radical (unpaired) electrons. The summed E-state index contributed by atoms with van der Waals surface area (Å²) < 4.78 is 0. The van der Waals surface area contributed by atoms with Crippen LogP contribution in [-0.2, 0) is 0 Å². The summed E-state index contributed by atoms with van der Waals surface area (Å²) in [5.41, 5.74) is 0. The normalized spacial score (nSPS) is 36.0. The van der Waals surface area contributed by atoms with Gasteiger partial charge in [0.15, 0.2) is 0 Å². The molecule has 3 fully saturated rings. The molecule has 3 aliphatic rings. The van der Waals surface area contributed by atoms with Crippen LogP contribution >= 0.6 is 0 Å².